The number of carbonyl (C=O) groups is 1. The van der Waals surface area contributed by atoms with Crippen LogP contribution < -0.4 is 0 Å². The lowest BCUT2D eigenvalue weighted by molar-refractivity contribution is -0.136. The third-order valence-corrected chi connectivity index (χ3v) is 2.53. The van der Waals surface area contributed by atoms with Gasteiger partial charge in [0.25, 0.3) is 0 Å². The molecule has 0 amide bonds. The van der Waals surface area contributed by atoms with Gasteiger partial charge in [-0.25, -0.2) is 4.98 Å². The largest absolute Gasteiger partial charge is 0.481 e. The van der Waals surface area contributed by atoms with E-state index in [0.717, 1.165) is 16.3 Å². The van der Waals surface area contributed by atoms with Crippen LogP contribution in [0.5, 0.6) is 0 Å². The van der Waals surface area contributed by atoms with Crippen molar-refractivity contribution in [3.8, 4) is 0 Å². The van der Waals surface area contributed by atoms with Crippen molar-refractivity contribution in [2.45, 2.75) is 19.3 Å². The first-order valence-corrected chi connectivity index (χ1v) is 4.80. The molecule has 1 aromatic rings. The molecular formula is C8H11NO3S. The van der Waals surface area contributed by atoms with Crippen LogP contribution in [0.3, 0.4) is 0 Å². The van der Waals surface area contributed by atoms with Crippen molar-refractivity contribution >= 4 is 17.3 Å². The van der Waals surface area contributed by atoms with Gasteiger partial charge in [-0.3, -0.25) is 4.79 Å². The first-order chi connectivity index (χ1) is 6.22. The van der Waals surface area contributed by atoms with Crippen LogP contribution in [-0.2, 0) is 17.6 Å². The Morgan fingerprint density at radius 1 is 1.62 bits per heavy atom. The smallest absolute Gasteiger partial charge is 0.308 e. The lowest BCUT2D eigenvalue weighted by atomic mass is 10.3. The van der Waals surface area contributed by atoms with Crippen molar-refractivity contribution in [3.63, 3.8) is 0 Å². The van der Waals surface area contributed by atoms with Crippen molar-refractivity contribution in [2.75, 3.05) is 6.61 Å². The van der Waals surface area contributed by atoms with E-state index < -0.39 is 5.97 Å². The van der Waals surface area contributed by atoms with Crippen LogP contribution in [0.2, 0.25) is 0 Å². The Morgan fingerprint density at radius 3 is 3.00 bits per heavy atom. The summed E-state index contributed by atoms with van der Waals surface area (Å²) < 4.78 is 0. The Bertz CT molecular complexity index is 285. The summed E-state index contributed by atoms with van der Waals surface area (Å²) in [7, 11) is 0. The lowest BCUT2D eigenvalue weighted by Gasteiger charge is -1.90. The predicted molar refractivity (Wildman–Crippen MR) is 48.9 cm³/mol. The molecule has 0 aliphatic rings. The predicted octanol–water partition coefficient (Wildman–Crippen LogP) is 0.695. The highest BCUT2D eigenvalue weighted by molar-refractivity contribution is 7.11. The summed E-state index contributed by atoms with van der Waals surface area (Å²) >= 11 is 1.40. The molecule has 0 saturated carbocycles. The highest BCUT2D eigenvalue weighted by atomic mass is 32.1. The summed E-state index contributed by atoms with van der Waals surface area (Å²) in [5.41, 5.74) is 0. The fourth-order valence-corrected chi connectivity index (χ4v) is 1.88. The summed E-state index contributed by atoms with van der Waals surface area (Å²) in [4.78, 5) is 15.1. The van der Waals surface area contributed by atoms with Gasteiger partial charge in [-0.05, 0) is 6.42 Å². The SMILES string of the molecule is O=C(O)Cc1cnc(CCCO)s1. The van der Waals surface area contributed by atoms with E-state index in [2.05, 4.69) is 4.98 Å². The quantitative estimate of drug-likeness (QED) is 0.735. The van der Waals surface area contributed by atoms with Crippen LogP contribution in [-0.4, -0.2) is 27.8 Å². The van der Waals surface area contributed by atoms with Crippen LogP contribution in [0.15, 0.2) is 6.20 Å². The van der Waals surface area contributed by atoms with E-state index in [1.807, 2.05) is 0 Å². The number of aryl methyl sites for hydroxylation is 1. The number of rotatable bonds is 5. The van der Waals surface area contributed by atoms with Gasteiger partial charge in [0.15, 0.2) is 0 Å². The van der Waals surface area contributed by atoms with Gasteiger partial charge in [-0.15, -0.1) is 11.3 Å². The fraction of sp³-hybridized carbons (Fsp3) is 0.500. The molecule has 0 aromatic carbocycles. The number of aliphatic carboxylic acids is 1. The number of thiazole rings is 1. The Hall–Kier alpha value is -0.940. The van der Waals surface area contributed by atoms with Gasteiger partial charge in [0.05, 0.1) is 11.4 Å². The Labute approximate surface area is 79.9 Å². The van der Waals surface area contributed by atoms with E-state index in [1.54, 1.807) is 6.20 Å². The molecule has 4 nitrogen and oxygen atoms in total. The maximum absolute atomic E-state index is 10.3. The number of hydrogen-bond acceptors (Lipinski definition) is 4. The second-order valence-electron chi connectivity index (χ2n) is 2.62. The third kappa shape index (κ3) is 3.52. The van der Waals surface area contributed by atoms with Crippen LogP contribution in [0, 0.1) is 0 Å². The molecule has 0 unspecified atom stereocenters. The van der Waals surface area contributed by atoms with E-state index >= 15 is 0 Å². The normalized spacial score (nSPS) is 10.2. The molecular weight excluding hydrogens is 190 g/mol. The van der Waals surface area contributed by atoms with Gasteiger partial charge in [0.1, 0.15) is 0 Å². The van der Waals surface area contributed by atoms with Gasteiger partial charge in [0, 0.05) is 24.1 Å². The lowest BCUT2D eigenvalue weighted by Crippen LogP contribution is -1.97. The first kappa shape index (κ1) is 10.1. The molecule has 1 aromatic heterocycles. The monoisotopic (exact) mass is 201 g/mol. The minimum atomic E-state index is -0.836. The molecule has 1 heterocycles. The molecule has 0 bridgehead atoms. The van der Waals surface area contributed by atoms with Crippen molar-refractivity contribution in [1.29, 1.82) is 0 Å². The zero-order valence-electron chi connectivity index (χ0n) is 7.06. The Balaban J connectivity index is 2.48. The number of carboxylic acid groups (broad SMARTS) is 1. The number of aliphatic hydroxyl groups is 1. The molecule has 13 heavy (non-hydrogen) atoms. The van der Waals surface area contributed by atoms with E-state index in [1.165, 1.54) is 11.3 Å². The summed E-state index contributed by atoms with van der Waals surface area (Å²) in [5.74, 6) is -0.836. The second-order valence-corrected chi connectivity index (χ2v) is 3.82. The molecule has 0 aliphatic heterocycles. The maximum atomic E-state index is 10.3. The maximum Gasteiger partial charge on any atom is 0.308 e. The minimum absolute atomic E-state index is 0.0385. The zero-order valence-corrected chi connectivity index (χ0v) is 7.88. The fourth-order valence-electron chi connectivity index (χ4n) is 0.925. The van der Waals surface area contributed by atoms with Crippen molar-refractivity contribution in [3.05, 3.63) is 16.1 Å². The van der Waals surface area contributed by atoms with Crippen LogP contribution in [0.25, 0.3) is 0 Å². The van der Waals surface area contributed by atoms with E-state index in [4.69, 9.17) is 10.2 Å². The highest BCUT2D eigenvalue weighted by Crippen LogP contribution is 2.14. The van der Waals surface area contributed by atoms with Crippen LogP contribution in [0.4, 0.5) is 0 Å². The number of hydrogen-bond donors (Lipinski definition) is 2. The number of aliphatic hydroxyl groups excluding tert-OH is 1. The van der Waals surface area contributed by atoms with E-state index in [9.17, 15) is 4.79 Å². The second kappa shape index (κ2) is 4.94. The topological polar surface area (TPSA) is 70.4 Å². The van der Waals surface area contributed by atoms with E-state index in [0.29, 0.717) is 6.42 Å². The molecule has 0 saturated heterocycles. The van der Waals surface area contributed by atoms with Crippen molar-refractivity contribution < 1.29 is 15.0 Å². The van der Waals surface area contributed by atoms with Crippen molar-refractivity contribution in [1.82, 2.24) is 4.98 Å². The molecule has 72 valence electrons. The first-order valence-electron chi connectivity index (χ1n) is 3.98. The summed E-state index contributed by atoms with van der Waals surface area (Å²) in [6, 6.07) is 0. The summed E-state index contributed by atoms with van der Waals surface area (Å²) in [6.07, 6.45) is 3.03. The van der Waals surface area contributed by atoms with E-state index in [-0.39, 0.29) is 13.0 Å². The molecule has 0 aliphatic carbocycles. The average molecular weight is 201 g/mol. The molecule has 0 radical (unpaired) electrons. The Kier molecular flexibility index (Phi) is 3.85. The standard InChI is InChI=1S/C8H11NO3S/c10-3-1-2-7-9-5-6(13-7)4-8(11)12/h5,10H,1-4H2,(H,11,12). The number of aromatic nitrogens is 1. The summed E-state index contributed by atoms with van der Waals surface area (Å²) in [6.45, 7) is 0.147. The average Bonchev–Trinajstić information content (AvgIpc) is 2.48. The molecule has 1 rings (SSSR count). The molecule has 2 N–H and O–H groups in total. The van der Waals surface area contributed by atoms with Gasteiger partial charge in [-0.1, -0.05) is 0 Å². The summed E-state index contributed by atoms with van der Waals surface area (Å²) in [5, 5.41) is 17.9. The van der Waals surface area contributed by atoms with Crippen molar-refractivity contribution in [2.24, 2.45) is 0 Å². The number of carboxylic acids is 1. The van der Waals surface area contributed by atoms with Gasteiger partial charge < -0.3 is 10.2 Å². The highest BCUT2D eigenvalue weighted by Gasteiger charge is 2.05. The molecule has 0 spiro atoms. The molecule has 0 fully saturated rings. The van der Waals surface area contributed by atoms with Crippen LogP contribution in [0.1, 0.15) is 16.3 Å². The van der Waals surface area contributed by atoms with Gasteiger partial charge in [-0.2, -0.15) is 0 Å². The Morgan fingerprint density at radius 2 is 2.38 bits per heavy atom. The third-order valence-electron chi connectivity index (χ3n) is 1.48. The molecule has 5 heteroatoms. The zero-order chi connectivity index (χ0) is 9.68. The number of nitrogens with zero attached hydrogens (tertiary/aromatic N) is 1. The van der Waals surface area contributed by atoms with Crippen LogP contribution >= 0.6 is 11.3 Å². The van der Waals surface area contributed by atoms with Gasteiger partial charge >= 0.3 is 5.97 Å². The minimum Gasteiger partial charge on any atom is -0.481 e. The molecule has 0 atom stereocenters. The van der Waals surface area contributed by atoms with Gasteiger partial charge in [0.2, 0.25) is 0 Å².